The van der Waals surface area contributed by atoms with Crippen LogP contribution in [0.15, 0.2) is 48.5 Å². The van der Waals surface area contributed by atoms with Crippen molar-refractivity contribution in [3.8, 4) is 0 Å². The van der Waals surface area contributed by atoms with Gasteiger partial charge in [-0.3, -0.25) is 0 Å². The number of rotatable bonds is 5. The fourth-order valence-electron chi connectivity index (χ4n) is 2.35. The normalized spacial score (nSPS) is 14.0. The molecule has 106 valence electrons. The third kappa shape index (κ3) is 4.32. The van der Waals surface area contributed by atoms with Crippen LogP contribution in [0.25, 0.3) is 0 Å². The third-order valence-corrected chi connectivity index (χ3v) is 3.59. The molecule has 0 radical (unpaired) electrons. The van der Waals surface area contributed by atoms with Crippen molar-refractivity contribution in [3.63, 3.8) is 0 Å². The lowest BCUT2D eigenvalue weighted by atomic mass is 10.0. The van der Waals surface area contributed by atoms with Crippen LogP contribution in [0.1, 0.15) is 31.0 Å². The zero-order chi connectivity index (χ0) is 14.5. The summed E-state index contributed by atoms with van der Waals surface area (Å²) in [5.74, 6) is -0.180. The number of hydrogen-bond donors (Lipinski definition) is 1. The first-order valence-electron chi connectivity index (χ1n) is 6.80. The van der Waals surface area contributed by atoms with Crippen molar-refractivity contribution in [1.29, 1.82) is 0 Å². The predicted octanol–water partition coefficient (Wildman–Crippen LogP) is 4.76. The molecule has 0 fully saturated rings. The molecular weight excluding hydrogens is 273 g/mol. The molecule has 0 aromatic heterocycles. The van der Waals surface area contributed by atoms with Gasteiger partial charge < -0.3 is 5.32 Å². The van der Waals surface area contributed by atoms with Crippen LogP contribution >= 0.6 is 11.6 Å². The number of halogens is 2. The van der Waals surface area contributed by atoms with Gasteiger partial charge in [-0.1, -0.05) is 35.9 Å². The molecule has 2 aromatic carbocycles. The summed E-state index contributed by atoms with van der Waals surface area (Å²) in [5, 5.41) is 4.26. The van der Waals surface area contributed by atoms with Crippen LogP contribution in [0.3, 0.4) is 0 Å². The van der Waals surface area contributed by atoms with E-state index in [4.69, 9.17) is 11.6 Å². The molecule has 0 aliphatic carbocycles. The van der Waals surface area contributed by atoms with Crippen LogP contribution in [0, 0.1) is 5.82 Å². The number of nitrogens with one attached hydrogen (secondary N) is 1. The summed E-state index contributed by atoms with van der Waals surface area (Å²) in [5.41, 5.74) is 2.20. The summed E-state index contributed by atoms with van der Waals surface area (Å²) in [6, 6.07) is 15.1. The van der Waals surface area contributed by atoms with Gasteiger partial charge in [0, 0.05) is 17.1 Å². The molecule has 20 heavy (non-hydrogen) atoms. The van der Waals surface area contributed by atoms with Gasteiger partial charge in [0.15, 0.2) is 0 Å². The van der Waals surface area contributed by atoms with Crippen molar-refractivity contribution in [1.82, 2.24) is 5.32 Å². The van der Waals surface area contributed by atoms with Crippen LogP contribution in [0.4, 0.5) is 4.39 Å². The van der Waals surface area contributed by atoms with Gasteiger partial charge in [-0.05, 0) is 55.7 Å². The van der Waals surface area contributed by atoms with Gasteiger partial charge in [0.1, 0.15) is 5.82 Å². The van der Waals surface area contributed by atoms with E-state index >= 15 is 0 Å². The molecule has 3 heteroatoms. The molecule has 0 aliphatic rings. The summed E-state index contributed by atoms with van der Waals surface area (Å²) in [7, 11) is 0. The first-order valence-corrected chi connectivity index (χ1v) is 7.18. The van der Waals surface area contributed by atoms with Crippen molar-refractivity contribution < 1.29 is 4.39 Å². The second-order valence-corrected chi connectivity index (χ2v) is 5.61. The maximum atomic E-state index is 13.1. The molecule has 1 N–H and O–H groups in total. The second-order valence-electron chi connectivity index (χ2n) is 5.17. The first-order chi connectivity index (χ1) is 9.54. The van der Waals surface area contributed by atoms with Crippen LogP contribution in [0.2, 0.25) is 5.02 Å². The van der Waals surface area contributed by atoms with Crippen molar-refractivity contribution in [2.45, 2.75) is 32.4 Å². The average molecular weight is 292 g/mol. The van der Waals surface area contributed by atoms with Crippen molar-refractivity contribution in [2.24, 2.45) is 0 Å². The fourth-order valence-corrected chi connectivity index (χ4v) is 2.48. The Hall–Kier alpha value is -1.38. The van der Waals surface area contributed by atoms with E-state index in [1.165, 1.54) is 11.6 Å². The van der Waals surface area contributed by atoms with Gasteiger partial charge in [0.2, 0.25) is 0 Å². The van der Waals surface area contributed by atoms with Gasteiger partial charge in [0.05, 0.1) is 0 Å². The summed E-state index contributed by atoms with van der Waals surface area (Å²) >= 11 is 5.89. The molecule has 0 aliphatic heterocycles. The minimum Gasteiger partial charge on any atom is -0.307 e. The molecule has 2 rings (SSSR count). The minimum absolute atomic E-state index is 0.180. The Bertz CT molecular complexity index is 553. The smallest absolute Gasteiger partial charge is 0.123 e. The van der Waals surface area contributed by atoms with Crippen LogP contribution in [-0.4, -0.2) is 6.04 Å². The largest absolute Gasteiger partial charge is 0.307 e. The molecule has 2 aromatic rings. The summed E-state index contributed by atoms with van der Waals surface area (Å²) in [6.45, 7) is 4.22. The summed E-state index contributed by atoms with van der Waals surface area (Å²) in [6.07, 6.45) is 0.801. The molecule has 0 saturated carbocycles. The molecule has 0 saturated heterocycles. The zero-order valence-corrected chi connectivity index (χ0v) is 12.5. The van der Waals surface area contributed by atoms with E-state index < -0.39 is 0 Å². The Morgan fingerprint density at radius 2 is 1.80 bits per heavy atom. The van der Waals surface area contributed by atoms with E-state index in [-0.39, 0.29) is 17.9 Å². The Morgan fingerprint density at radius 3 is 2.45 bits per heavy atom. The quantitative estimate of drug-likeness (QED) is 0.837. The monoisotopic (exact) mass is 291 g/mol. The highest BCUT2D eigenvalue weighted by atomic mass is 35.5. The van der Waals surface area contributed by atoms with Crippen molar-refractivity contribution in [2.75, 3.05) is 0 Å². The maximum absolute atomic E-state index is 13.1. The number of hydrogen-bond acceptors (Lipinski definition) is 1. The Balaban J connectivity index is 1.93. The number of benzene rings is 2. The highest BCUT2D eigenvalue weighted by molar-refractivity contribution is 6.30. The van der Waals surface area contributed by atoms with Gasteiger partial charge in [-0.15, -0.1) is 0 Å². The van der Waals surface area contributed by atoms with Gasteiger partial charge in [0.25, 0.3) is 0 Å². The van der Waals surface area contributed by atoms with E-state index in [1.807, 2.05) is 30.3 Å². The van der Waals surface area contributed by atoms with E-state index in [2.05, 4.69) is 19.2 Å². The SMILES string of the molecule is CC(Cc1cccc(F)c1)NC(C)c1ccc(Cl)cc1. The zero-order valence-electron chi connectivity index (χ0n) is 11.7. The Kier molecular flexibility index (Phi) is 5.16. The first kappa shape index (κ1) is 15.0. The molecule has 0 spiro atoms. The lowest BCUT2D eigenvalue weighted by Gasteiger charge is -2.20. The topological polar surface area (TPSA) is 12.0 Å². The molecule has 0 bridgehead atoms. The maximum Gasteiger partial charge on any atom is 0.123 e. The van der Waals surface area contributed by atoms with Crippen LogP contribution in [-0.2, 0) is 6.42 Å². The highest BCUT2D eigenvalue weighted by Gasteiger charge is 2.10. The van der Waals surface area contributed by atoms with Crippen molar-refractivity contribution >= 4 is 11.6 Å². The van der Waals surface area contributed by atoms with Gasteiger partial charge >= 0.3 is 0 Å². The van der Waals surface area contributed by atoms with Gasteiger partial charge in [-0.2, -0.15) is 0 Å². The van der Waals surface area contributed by atoms with Crippen molar-refractivity contribution in [3.05, 3.63) is 70.5 Å². The third-order valence-electron chi connectivity index (χ3n) is 3.34. The lowest BCUT2D eigenvalue weighted by Crippen LogP contribution is -2.30. The summed E-state index contributed by atoms with van der Waals surface area (Å²) < 4.78 is 13.1. The molecule has 0 amide bonds. The molecular formula is C17H19ClFN. The Labute approximate surface area is 124 Å². The standard InChI is InChI=1S/C17H19ClFN/c1-12(10-14-4-3-5-17(19)11-14)20-13(2)15-6-8-16(18)9-7-15/h3-9,11-13,20H,10H2,1-2H3. The molecule has 2 unspecified atom stereocenters. The average Bonchev–Trinajstić information content (AvgIpc) is 2.39. The second kappa shape index (κ2) is 6.87. The lowest BCUT2D eigenvalue weighted by molar-refractivity contribution is 0.476. The molecule has 2 atom stereocenters. The van der Waals surface area contributed by atoms with E-state index in [0.717, 1.165) is 17.0 Å². The fraction of sp³-hybridized carbons (Fsp3) is 0.294. The Morgan fingerprint density at radius 1 is 1.10 bits per heavy atom. The minimum atomic E-state index is -0.180. The summed E-state index contributed by atoms with van der Waals surface area (Å²) in [4.78, 5) is 0. The van der Waals surface area contributed by atoms with Gasteiger partial charge in [-0.25, -0.2) is 4.39 Å². The molecule has 0 heterocycles. The van der Waals surface area contributed by atoms with E-state index in [9.17, 15) is 4.39 Å². The van der Waals surface area contributed by atoms with Crippen LogP contribution in [0.5, 0.6) is 0 Å². The van der Waals surface area contributed by atoms with E-state index in [1.54, 1.807) is 12.1 Å². The van der Waals surface area contributed by atoms with E-state index in [0.29, 0.717) is 0 Å². The molecule has 1 nitrogen and oxygen atoms in total. The van der Waals surface area contributed by atoms with Crippen LogP contribution < -0.4 is 5.32 Å². The predicted molar refractivity (Wildman–Crippen MR) is 82.6 cm³/mol. The highest BCUT2D eigenvalue weighted by Crippen LogP contribution is 2.17.